The summed E-state index contributed by atoms with van der Waals surface area (Å²) in [7, 11) is 0. The molecular formula is C41H50N8O3. The number of H-pyrrole nitrogens is 2. The van der Waals surface area contributed by atoms with Gasteiger partial charge in [0.1, 0.15) is 11.5 Å². The maximum Gasteiger partial charge on any atom is 0.234 e. The van der Waals surface area contributed by atoms with Gasteiger partial charge in [0.15, 0.2) is 0 Å². The van der Waals surface area contributed by atoms with Gasteiger partial charge in [-0.15, -0.1) is 0 Å². The van der Waals surface area contributed by atoms with Gasteiger partial charge in [0.25, 0.3) is 0 Å². The van der Waals surface area contributed by atoms with E-state index in [1.807, 2.05) is 17.0 Å². The Labute approximate surface area is 304 Å². The molecule has 52 heavy (non-hydrogen) atoms. The number of aromatic nitrogens is 4. The maximum absolute atomic E-state index is 14.1. The Balaban J connectivity index is 0.778. The second-order valence-corrected chi connectivity index (χ2v) is 17.0. The van der Waals surface area contributed by atoms with E-state index < -0.39 is 0 Å². The fraction of sp³-hybridized carbons (Fsp3) is 0.537. The molecule has 3 aromatic heterocycles. The Kier molecular flexibility index (Phi) is 8.24. The minimum Gasteiger partial charge on any atom is -0.357 e. The van der Waals surface area contributed by atoms with Gasteiger partial charge in [0, 0.05) is 66.6 Å². The largest absolute Gasteiger partial charge is 0.357 e. The van der Waals surface area contributed by atoms with Gasteiger partial charge in [0.2, 0.25) is 17.7 Å². The molecule has 0 bridgehead atoms. The van der Waals surface area contributed by atoms with Gasteiger partial charge in [-0.2, -0.15) is 5.10 Å². The summed E-state index contributed by atoms with van der Waals surface area (Å²) < 4.78 is 0. The van der Waals surface area contributed by atoms with E-state index in [-0.39, 0.29) is 23.1 Å². The average molecular weight is 703 g/mol. The highest BCUT2D eigenvalue weighted by Crippen LogP contribution is 2.44. The van der Waals surface area contributed by atoms with Gasteiger partial charge in [-0.25, -0.2) is 4.98 Å². The lowest BCUT2D eigenvalue weighted by Gasteiger charge is -2.41. The number of carbonyl (C=O) groups excluding carboxylic acids is 3. The molecule has 4 aliphatic heterocycles. The lowest BCUT2D eigenvalue weighted by molar-refractivity contribution is -0.134. The Morgan fingerprint density at radius 1 is 0.885 bits per heavy atom. The molecule has 4 aromatic rings. The summed E-state index contributed by atoms with van der Waals surface area (Å²) in [6.07, 6.45) is 11.0. The number of carbonyl (C=O) groups is 3. The number of anilines is 2. The lowest BCUT2D eigenvalue weighted by Crippen LogP contribution is -2.47. The Morgan fingerprint density at radius 3 is 2.46 bits per heavy atom. The molecule has 9 rings (SSSR count). The van der Waals surface area contributed by atoms with Crippen molar-refractivity contribution in [3.05, 3.63) is 59.4 Å². The molecule has 0 radical (unpaired) electrons. The normalized spacial score (nSPS) is 23.8. The summed E-state index contributed by atoms with van der Waals surface area (Å²) in [6, 6.07) is 12.6. The van der Waals surface area contributed by atoms with Gasteiger partial charge in [-0.05, 0) is 112 Å². The van der Waals surface area contributed by atoms with E-state index in [0.717, 1.165) is 130 Å². The molecule has 3 N–H and O–H groups in total. The number of aromatic amines is 2. The number of imide groups is 1. The monoisotopic (exact) mass is 702 g/mol. The average Bonchev–Trinajstić information content (AvgIpc) is 3.84. The van der Waals surface area contributed by atoms with E-state index in [9.17, 15) is 14.4 Å². The molecule has 1 spiro atoms. The van der Waals surface area contributed by atoms with Crippen molar-refractivity contribution in [2.75, 3.05) is 49.1 Å². The van der Waals surface area contributed by atoms with E-state index in [1.54, 1.807) is 6.20 Å². The number of amides is 3. The zero-order chi connectivity index (χ0) is 35.6. The highest BCUT2D eigenvalue weighted by atomic mass is 16.2. The smallest absolute Gasteiger partial charge is 0.234 e. The van der Waals surface area contributed by atoms with Gasteiger partial charge < -0.3 is 19.7 Å². The summed E-state index contributed by atoms with van der Waals surface area (Å²) in [4.78, 5) is 53.2. The van der Waals surface area contributed by atoms with E-state index in [4.69, 9.17) is 10.1 Å². The third-order valence-electron chi connectivity index (χ3n) is 13.0. The van der Waals surface area contributed by atoms with Crippen molar-refractivity contribution in [2.45, 2.75) is 84.0 Å². The van der Waals surface area contributed by atoms with Crippen LogP contribution in [0.5, 0.6) is 0 Å². The standard InChI is InChI=1S/C41H50N8O3/c1-40(2)12-9-31-34(23-40)45-46-37(31)33-21-27-3-5-29(22-32(27)43-33)49-20-15-41(39(49)52)13-18-47(19-14-41)25-26-10-16-48(17-11-26)35-7-4-28(24-42-35)30-6-8-36(50)44-38(30)51/h3-5,7,21-22,24,26,30,43H,6,8-20,23,25H2,1-2H3,(H,45,46)(H,44,50,51). The third-order valence-corrected chi connectivity index (χ3v) is 13.0. The molecule has 1 aliphatic carbocycles. The van der Waals surface area contributed by atoms with Crippen LogP contribution in [-0.2, 0) is 27.2 Å². The van der Waals surface area contributed by atoms with Crippen LogP contribution in [0.4, 0.5) is 11.5 Å². The zero-order valence-electron chi connectivity index (χ0n) is 30.5. The number of likely N-dealkylation sites (tertiary alicyclic amines) is 1. The van der Waals surface area contributed by atoms with E-state index in [2.05, 4.69) is 63.3 Å². The fourth-order valence-corrected chi connectivity index (χ4v) is 9.69. The predicted molar refractivity (Wildman–Crippen MR) is 201 cm³/mol. The first-order valence-corrected chi connectivity index (χ1v) is 19.4. The molecule has 4 fully saturated rings. The Morgan fingerprint density at radius 2 is 1.69 bits per heavy atom. The number of hydrogen-bond donors (Lipinski definition) is 3. The highest BCUT2D eigenvalue weighted by Gasteiger charge is 2.48. The van der Waals surface area contributed by atoms with E-state index in [1.165, 1.54) is 11.3 Å². The summed E-state index contributed by atoms with van der Waals surface area (Å²) in [6.45, 7) is 10.4. The third kappa shape index (κ3) is 6.10. The number of benzene rings is 1. The number of fused-ring (bicyclic) bond motifs is 2. The second kappa shape index (κ2) is 12.9. The summed E-state index contributed by atoms with van der Waals surface area (Å²) in [5, 5.41) is 11.6. The van der Waals surface area contributed by atoms with Gasteiger partial charge in [-0.1, -0.05) is 26.0 Å². The van der Waals surface area contributed by atoms with Gasteiger partial charge >= 0.3 is 0 Å². The summed E-state index contributed by atoms with van der Waals surface area (Å²) >= 11 is 0. The molecule has 1 aromatic carbocycles. The molecular weight excluding hydrogens is 653 g/mol. The predicted octanol–water partition coefficient (Wildman–Crippen LogP) is 5.72. The summed E-state index contributed by atoms with van der Waals surface area (Å²) in [5.41, 5.74) is 7.65. The minimum atomic E-state index is -0.300. The van der Waals surface area contributed by atoms with Crippen LogP contribution in [0.1, 0.15) is 88.0 Å². The molecule has 0 saturated carbocycles. The molecule has 3 amide bonds. The lowest BCUT2D eigenvalue weighted by atomic mass is 9.76. The van der Waals surface area contributed by atoms with Crippen LogP contribution in [0, 0.1) is 16.7 Å². The zero-order valence-corrected chi connectivity index (χ0v) is 30.5. The number of pyridine rings is 1. The van der Waals surface area contributed by atoms with Crippen LogP contribution < -0.4 is 15.1 Å². The van der Waals surface area contributed by atoms with Gasteiger partial charge in [-0.3, -0.25) is 24.8 Å². The molecule has 1 unspecified atom stereocenters. The Bertz CT molecular complexity index is 2010. The van der Waals surface area contributed by atoms with Crippen molar-refractivity contribution in [2.24, 2.45) is 16.7 Å². The molecule has 11 heteroatoms. The second-order valence-electron chi connectivity index (χ2n) is 17.0. The quantitative estimate of drug-likeness (QED) is 0.219. The number of hydrogen-bond acceptors (Lipinski definition) is 7. The Hall–Kier alpha value is -4.51. The van der Waals surface area contributed by atoms with Crippen LogP contribution in [-0.4, -0.2) is 82.1 Å². The first-order valence-electron chi connectivity index (χ1n) is 19.4. The first-order chi connectivity index (χ1) is 25.1. The minimum absolute atomic E-state index is 0.194. The van der Waals surface area contributed by atoms with E-state index >= 15 is 0 Å². The van der Waals surface area contributed by atoms with Crippen molar-refractivity contribution < 1.29 is 14.4 Å². The molecule has 4 saturated heterocycles. The fourth-order valence-electron chi connectivity index (χ4n) is 9.69. The first kappa shape index (κ1) is 33.3. The van der Waals surface area contributed by atoms with Crippen molar-refractivity contribution in [1.29, 1.82) is 0 Å². The van der Waals surface area contributed by atoms with Crippen LogP contribution in [0.2, 0.25) is 0 Å². The van der Waals surface area contributed by atoms with Crippen molar-refractivity contribution in [3.8, 4) is 11.4 Å². The van der Waals surface area contributed by atoms with Crippen molar-refractivity contribution in [3.63, 3.8) is 0 Å². The van der Waals surface area contributed by atoms with Crippen molar-refractivity contribution in [1.82, 2.24) is 30.4 Å². The molecule has 11 nitrogen and oxygen atoms in total. The number of piperidine rings is 3. The number of nitrogens with one attached hydrogen (secondary N) is 3. The van der Waals surface area contributed by atoms with Crippen molar-refractivity contribution >= 4 is 40.1 Å². The number of rotatable bonds is 6. The molecule has 1 atom stereocenters. The van der Waals surface area contributed by atoms with Crippen LogP contribution in [0.25, 0.3) is 22.3 Å². The highest BCUT2D eigenvalue weighted by molar-refractivity contribution is 6.02. The molecule has 5 aliphatic rings. The van der Waals surface area contributed by atoms with Crippen LogP contribution in [0.15, 0.2) is 42.6 Å². The summed E-state index contributed by atoms with van der Waals surface area (Å²) in [5.74, 6) is 1.18. The number of nitrogens with zero attached hydrogens (tertiary/aromatic N) is 5. The maximum atomic E-state index is 14.1. The van der Waals surface area contributed by atoms with Gasteiger partial charge in [0.05, 0.1) is 17.0 Å². The van der Waals surface area contributed by atoms with Crippen LogP contribution >= 0.6 is 0 Å². The molecule has 7 heterocycles. The van der Waals surface area contributed by atoms with E-state index in [0.29, 0.717) is 30.1 Å². The molecule has 272 valence electrons. The SMILES string of the molecule is CC1(C)CCc2c(-c3cc4ccc(N5CCC6(CCN(CC7CCN(c8ccc(C9CCC(=O)NC9=O)cn8)CC7)CC6)C5=O)cc4[nH]3)n[nH]c2C1. The topological polar surface area (TPSA) is 130 Å². The van der Waals surface area contributed by atoms with Crippen LogP contribution in [0.3, 0.4) is 0 Å².